The SMILES string of the molecule is Cc1nc(C)n(CC2CCC3(COCCN(Cc4ccco4)C3)O2)n1.O=C(O)C(F)(F)F. The molecule has 2 aliphatic heterocycles. The first-order valence-corrected chi connectivity index (χ1v) is 10.2. The second-order valence-corrected chi connectivity index (χ2v) is 8.00. The lowest BCUT2D eigenvalue weighted by molar-refractivity contribution is -0.192. The lowest BCUT2D eigenvalue weighted by Crippen LogP contribution is -2.44. The van der Waals surface area contributed by atoms with Crippen LogP contribution in [-0.4, -0.2) is 74.9 Å². The minimum absolute atomic E-state index is 0.159. The lowest BCUT2D eigenvalue weighted by atomic mass is 10.00. The molecule has 0 saturated carbocycles. The van der Waals surface area contributed by atoms with Gasteiger partial charge < -0.3 is 19.0 Å². The van der Waals surface area contributed by atoms with Gasteiger partial charge in [-0.15, -0.1) is 0 Å². The van der Waals surface area contributed by atoms with Crippen LogP contribution in [0.1, 0.15) is 30.3 Å². The first-order chi connectivity index (χ1) is 15.1. The molecule has 0 amide bonds. The Labute approximate surface area is 183 Å². The third-order valence-electron chi connectivity index (χ3n) is 5.31. The van der Waals surface area contributed by atoms with Gasteiger partial charge in [0.2, 0.25) is 0 Å². The first-order valence-electron chi connectivity index (χ1n) is 10.2. The van der Waals surface area contributed by atoms with Gasteiger partial charge in [0, 0.05) is 13.1 Å². The predicted octanol–water partition coefficient (Wildman–Crippen LogP) is 2.57. The summed E-state index contributed by atoms with van der Waals surface area (Å²) in [6.07, 6.45) is -1.16. The number of carboxylic acid groups (broad SMARTS) is 1. The van der Waals surface area contributed by atoms with Gasteiger partial charge in [0.1, 0.15) is 23.0 Å². The second kappa shape index (κ2) is 10.0. The summed E-state index contributed by atoms with van der Waals surface area (Å²) in [4.78, 5) is 15.6. The Kier molecular flexibility index (Phi) is 7.57. The molecule has 2 unspecified atom stereocenters. The summed E-state index contributed by atoms with van der Waals surface area (Å²) in [5.41, 5.74) is -0.225. The van der Waals surface area contributed by atoms with Gasteiger partial charge in [-0.3, -0.25) is 4.90 Å². The van der Waals surface area contributed by atoms with Crippen LogP contribution in [0.25, 0.3) is 0 Å². The maximum absolute atomic E-state index is 10.6. The summed E-state index contributed by atoms with van der Waals surface area (Å²) in [5.74, 6) is -0.0148. The molecule has 2 atom stereocenters. The van der Waals surface area contributed by atoms with Crippen LogP contribution < -0.4 is 0 Å². The molecule has 9 nitrogen and oxygen atoms in total. The number of rotatable bonds is 4. The van der Waals surface area contributed by atoms with E-state index in [1.807, 2.05) is 30.7 Å². The predicted molar refractivity (Wildman–Crippen MR) is 105 cm³/mol. The van der Waals surface area contributed by atoms with Crippen molar-refractivity contribution in [3.63, 3.8) is 0 Å². The van der Waals surface area contributed by atoms with Crippen molar-refractivity contribution in [1.82, 2.24) is 19.7 Å². The van der Waals surface area contributed by atoms with E-state index in [1.165, 1.54) is 0 Å². The normalized spacial score (nSPS) is 24.2. The highest BCUT2D eigenvalue weighted by Gasteiger charge is 2.43. The van der Waals surface area contributed by atoms with Gasteiger partial charge in [0.15, 0.2) is 0 Å². The van der Waals surface area contributed by atoms with Crippen molar-refractivity contribution in [3.8, 4) is 0 Å². The van der Waals surface area contributed by atoms with E-state index < -0.39 is 12.1 Å². The van der Waals surface area contributed by atoms with Gasteiger partial charge in [0.05, 0.1) is 38.7 Å². The number of halogens is 3. The molecule has 2 aromatic rings. The number of aromatic nitrogens is 3. The highest BCUT2D eigenvalue weighted by Crippen LogP contribution is 2.34. The summed E-state index contributed by atoms with van der Waals surface area (Å²) in [6.45, 7) is 8.64. The Bertz CT molecular complexity index is 886. The van der Waals surface area contributed by atoms with E-state index in [0.29, 0.717) is 6.61 Å². The fourth-order valence-electron chi connectivity index (χ4n) is 3.92. The highest BCUT2D eigenvalue weighted by molar-refractivity contribution is 5.73. The van der Waals surface area contributed by atoms with Crippen LogP contribution in [0.15, 0.2) is 22.8 Å². The fraction of sp³-hybridized carbons (Fsp3) is 0.650. The molecule has 2 aromatic heterocycles. The van der Waals surface area contributed by atoms with E-state index in [0.717, 1.165) is 63.0 Å². The molecule has 32 heavy (non-hydrogen) atoms. The largest absolute Gasteiger partial charge is 0.490 e. The molecular weight excluding hydrogens is 433 g/mol. The molecule has 2 aliphatic rings. The monoisotopic (exact) mass is 460 g/mol. The van der Waals surface area contributed by atoms with Crippen LogP contribution in [-0.2, 0) is 27.4 Å². The number of carbonyl (C=O) groups is 1. The summed E-state index contributed by atoms with van der Waals surface area (Å²) >= 11 is 0. The molecule has 0 radical (unpaired) electrons. The summed E-state index contributed by atoms with van der Waals surface area (Å²) in [6, 6.07) is 3.95. The Balaban J connectivity index is 0.000000360. The minimum Gasteiger partial charge on any atom is -0.475 e. The van der Waals surface area contributed by atoms with Crippen molar-refractivity contribution >= 4 is 5.97 Å². The summed E-state index contributed by atoms with van der Waals surface area (Å²) in [5, 5.41) is 11.6. The van der Waals surface area contributed by atoms with E-state index >= 15 is 0 Å². The van der Waals surface area contributed by atoms with Crippen LogP contribution in [0.4, 0.5) is 13.2 Å². The number of ether oxygens (including phenoxy) is 2. The number of nitrogens with zero attached hydrogens (tertiary/aromatic N) is 4. The summed E-state index contributed by atoms with van der Waals surface area (Å²) < 4.78 is 51.6. The Morgan fingerprint density at radius 2 is 2.12 bits per heavy atom. The van der Waals surface area contributed by atoms with Crippen molar-refractivity contribution in [2.45, 2.75) is 57.7 Å². The van der Waals surface area contributed by atoms with Gasteiger partial charge in [-0.1, -0.05) is 0 Å². The Hall–Kier alpha value is -2.44. The molecule has 0 aliphatic carbocycles. The van der Waals surface area contributed by atoms with Gasteiger partial charge in [0.25, 0.3) is 0 Å². The minimum atomic E-state index is -5.08. The highest BCUT2D eigenvalue weighted by atomic mass is 19.4. The average Bonchev–Trinajstić information content (AvgIpc) is 3.37. The number of hydrogen-bond donors (Lipinski definition) is 1. The molecule has 2 fully saturated rings. The number of alkyl halides is 3. The van der Waals surface area contributed by atoms with Crippen LogP contribution in [0, 0.1) is 13.8 Å². The third kappa shape index (κ3) is 6.53. The van der Waals surface area contributed by atoms with Gasteiger partial charge >= 0.3 is 12.1 Å². The quantitative estimate of drug-likeness (QED) is 0.743. The van der Waals surface area contributed by atoms with Gasteiger partial charge in [-0.25, -0.2) is 14.5 Å². The van der Waals surface area contributed by atoms with Crippen LogP contribution in [0.3, 0.4) is 0 Å². The first kappa shape index (κ1) is 24.2. The zero-order valence-corrected chi connectivity index (χ0v) is 18.0. The van der Waals surface area contributed by atoms with Gasteiger partial charge in [-0.2, -0.15) is 18.3 Å². The Morgan fingerprint density at radius 3 is 2.72 bits per heavy atom. The zero-order chi connectivity index (χ0) is 23.4. The lowest BCUT2D eigenvalue weighted by Gasteiger charge is -2.31. The third-order valence-corrected chi connectivity index (χ3v) is 5.31. The van der Waals surface area contributed by atoms with Crippen molar-refractivity contribution < 1.29 is 37.0 Å². The molecule has 12 heteroatoms. The Morgan fingerprint density at radius 1 is 1.38 bits per heavy atom. The molecule has 178 valence electrons. The summed E-state index contributed by atoms with van der Waals surface area (Å²) in [7, 11) is 0. The molecule has 1 N–H and O–H groups in total. The van der Waals surface area contributed by atoms with E-state index in [4.69, 9.17) is 23.8 Å². The van der Waals surface area contributed by atoms with Crippen LogP contribution >= 0.6 is 0 Å². The maximum atomic E-state index is 10.6. The molecule has 2 saturated heterocycles. The maximum Gasteiger partial charge on any atom is 0.490 e. The number of hydrogen-bond acceptors (Lipinski definition) is 7. The molecule has 0 aromatic carbocycles. The second-order valence-electron chi connectivity index (χ2n) is 8.00. The smallest absolute Gasteiger partial charge is 0.475 e. The molecule has 4 rings (SSSR count). The number of aryl methyl sites for hydroxylation is 2. The van der Waals surface area contributed by atoms with Crippen molar-refractivity contribution in [3.05, 3.63) is 35.8 Å². The molecular formula is C20H27F3N4O5. The van der Waals surface area contributed by atoms with Crippen LogP contribution in [0.5, 0.6) is 0 Å². The van der Waals surface area contributed by atoms with Crippen molar-refractivity contribution in [2.24, 2.45) is 0 Å². The molecule has 4 heterocycles. The van der Waals surface area contributed by atoms with E-state index in [1.54, 1.807) is 6.26 Å². The molecule has 0 bridgehead atoms. The number of furan rings is 1. The van der Waals surface area contributed by atoms with E-state index in [2.05, 4.69) is 15.0 Å². The van der Waals surface area contributed by atoms with Crippen LogP contribution in [0.2, 0.25) is 0 Å². The van der Waals surface area contributed by atoms with Crippen molar-refractivity contribution in [1.29, 1.82) is 0 Å². The number of carboxylic acids is 1. The van der Waals surface area contributed by atoms with Gasteiger partial charge in [-0.05, 0) is 38.8 Å². The molecule has 1 spiro atoms. The standard InChI is InChI=1S/C18H26N4O3.C2HF3O2/c1-14-19-15(2)22(20-14)11-17-5-6-18(25-17)12-21(7-9-23-13-18)10-16-4-3-8-24-16;3-2(4,5)1(6)7/h3-4,8,17H,5-7,9-13H2,1-2H3;(H,6,7). The van der Waals surface area contributed by atoms with E-state index in [9.17, 15) is 13.2 Å². The average molecular weight is 460 g/mol. The van der Waals surface area contributed by atoms with E-state index in [-0.39, 0.29) is 11.7 Å². The number of aliphatic carboxylic acids is 1. The zero-order valence-electron chi connectivity index (χ0n) is 18.0. The van der Waals surface area contributed by atoms with Crippen molar-refractivity contribution in [2.75, 3.05) is 26.3 Å². The topological polar surface area (TPSA) is 103 Å². The fourth-order valence-corrected chi connectivity index (χ4v) is 3.92.